The summed E-state index contributed by atoms with van der Waals surface area (Å²) in [5.74, 6) is -0.960. The summed E-state index contributed by atoms with van der Waals surface area (Å²) < 4.78 is 22.6. The summed E-state index contributed by atoms with van der Waals surface area (Å²) in [5, 5.41) is 9.68. The summed E-state index contributed by atoms with van der Waals surface area (Å²) in [6, 6.07) is 1.21. The van der Waals surface area contributed by atoms with Crippen LogP contribution in [0.5, 0.6) is 0 Å². The first-order valence-electron chi connectivity index (χ1n) is 2.70. The van der Waals surface area contributed by atoms with Gasteiger partial charge in [-0.25, -0.2) is 0 Å². The molecule has 12 heavy (non-hydrogen) atoms. The molecule has 0 radical (unpaired) electrons. The van der Waals surface area contributed by atoms with E-state index in [1.165, 1.54) is 12.3 Å². The molecule has 0 fully saturated rings. The molecule has 0 saturated carbocycles. The number of carbonyl (C=O) groups excluding carboxylic acids is 1. The van der Waals surface area contributed by atoms with Gasteiger partial charge in [-0.05, 0) is 11.3 Å². The summed E-state index contributed by atoms with van der Waals surface area (Å²) in [7, 11) is -2.76. The molecular weight excluding hydrogens is 184 g/mol. The minimum atomic E-state index is -2.76. The number of nitrogens with zero attached hydrogens (tertiary/aromatic N) is 4. The van der Waals surface area contributed by atoms with Crippen molar-refractivity contribution < 1.29 is 13.2 Å². The first kappa shape index (κ1) is 8.40. The van der Waals surface area contributed by atoms with Crippen molar-refractivity contribution in [3.05, 3.63) is 18.0 Å². The molecule has 0 bridgehead atoms. The zero-order valence-corrected chi connectivity index (χ0v) is 6.39. The zero-order chi connectivity index (χ0) is 8.97. The van der Waals surface area contributed by atoms with Crippen LogP contribution >= 0.6 is 0 Å². The van der Waals surface area contributed by atoms with Crippen molar-refractivity contribution in [2.75, 3.05) is 0 Å². The SMILES string of the molecule is O=C(N=S(=O)=O)c1ccnnn1. The second-order valence-electron chi connectivity index (χ2n) is 1.62. The van der Waals surface area contributed by atoms with Crippen molar-refractivity contribution in [3.63, 3.8) is 0 Å². The van der Waals surface area contributed by atoms with Crippen molar-refractivity contribution in [2.24, 2.45) is 4.36 Å². The van der Waals surface area contributed by atoms with Gasteiger partial charge in [0, 0.05) is 0 Å². The topological polar surface area (TPSA) is 102 Å². The van der Waals surface area contributed by atoms with Crippen LogP contribution in [0, 0.1) is 0 Å². The number of aromatic nitrogens is 3. The molecular formula is C4H2N4O3S. The standard InChI is InChI=1S/C4H2N4O3S/c9-4(7-12(10)11)3-1-2-5-8-6-3/h1-2H. The van der Waals surface area contributed by atoms with Crippen molar-refractivity contribution in [1.82, 2.24) is 15.4 Å². The third-order valence-electron chi connectivity index (χ3n) is 0.880. The zero-order valence-electron chi connectivity index (χ0n) is 5.58. The van der Waals surface area contributed by atoms with Gasteiger partial charge in [0.1, 0.15) is 0 Å². The molecule has 7 nitrogen and oxygen atoms in total. The van der Waals surface area contributed by atoms with Crippen LogP contribution in [-0.2, 0) is 10.5 Å². The van der Waals surface area contributed by atoms with Gasteiger partial charge in [-0.15, -0.1) is 10.2 Å². The van der Waals surface area contributed by atoms with Gasteiger partial charge in [-0.2, -0.15) is 8.42 Å². The fourth-order valence-electron chi connectivity index (χ4n) is 0.470. The van der Waals surface area contributed by atoms with Gasteiger partial charge in [0.25, 0.3) is 0 Å². The average Bonchev–Trinajstić information content (AvgIpc) is 2.05. The van der Waals surface area contributed by atoms with Crippen LogP contribution in [0.2, 0.25) is 0 Å². The van der Waals surface area contributed by atoms with E-state index < -0.39 is 16.4 Å². The van der Waals surface area contributed by atoms with E-state index >= 15 is 0 Å². The van der Waals surface area contributed by atoms with E-state index in [2.05, 4.69) is 19.8 Å². The maximum Gasteiger partial charge on any atom is 0.319 e. The molecule has 0 N–H and O–H groups in total. The van der Waals surface area contributed by atoms with Gasteiger partial charge in [0.2, 0.25) is 0 Å². The lowest BCUT2D eigenvalue weighted by molar-refractivity contribution is 0.0999. The first-order valence-corrected chi connectivity index (χ1v) is 3.73. The largest absolute Gasteiger partial charge is 0.319 e. The Labute approximate surface area is 68.1 Å². The minimum absolute atomic E-state index is 0.158. The van der Waals surface area contributed by atoms with Gasteiger partial charge >= 0.3 is 16.4 Å². The number of amides is 1. The predicted molar refractivity (Wildman–Crippen MR) is 35.5 cm³/mol. The van der Waals surface area contributed by atoms with E-state index in [4.69, 9.17) is 0 Å². The Balaban J connectivity index is 3.02. The number of carbonyl (C=O) groups is 1. The molecule has 0 atom stereocenters. The van der Waals surface area contributed by atoms with E-state index in [1.54, 1.807) is 0 Å². The van der Waals surface area contributed by atoms with E-state index in [0.29, 0.717) is 0 Å². The van der Waals surface area contributed by atoms with Crippen LogP contribution in [0.4, 0.5) is 0 Å². The highest BCUT2D eigenvalue weighted by Gasteiger charge is 2.05. The smallest absolute Gasteiger partial charge is 0.264 e. The summed E-state index contributed by atoms with van der Waals surface area (Å²) in [4.78, 5) is 10.8. The number of hydrogen-bond acceptors (Lipinski definition) is 6. The summed E-state index contributed by atoms with van der Waals surface area (Å²) >= 11 is 0. The minimum Gasteiger partial charge on any atom is -0.264 e. The molecule has 0 unspecified atom stereocenters. The van der Waals surface area contributed by atoms with Gasteiger partial charge < -0.3 is 0 Å². The molecule has 1 heterocycles. The molecule has 1 aromatic rings. The summed E-state index contributed by atoms with van der Waals surface area (Å²) in [5.41, 5.74) is -0.158. The number of rotatable bonds is 1. The molecule has 62 valence electrons. The van der Waals surface area contributed by atoms with Crippen molar-refractivity contribution in [2.45, 2.75) is 0 Å². The van der Waals surface area contributed by atoms with Crippen LogP contribution in [0.3, 0.4) is 0 Å². The quantitative estimate of drug-likeness (QED) is 0.561. The molecule has 8 heteroatoms. The maximum atomic E-state index is 10.8. The molecule has 1 aromatic heterocycles. The van der Waals surface area contributed by atoms with Crippen LogP contribution in [0.15, 0.2) is 16.6 Å². The van der Waals surface area contributed by atoms with E-state index in [1.807, 2.05) is 0 Å². The fraction of sp³-hybridized carbons (Fsp3) is 0. The lowest BCUT2D eigenvalue weighted by atomic mass is 10.4. The number of hydrogen-bond donors (Lipinski definition) is 0. The molecule has 0 saturated heterocycles. The second-order valence-corrected chi connectivity index (χ2v) is 2.24. The van der Waals surface area contributed by atoms with Crippen LogP contribution in [0.25, 0.3) is 0 Å². The van der Waals surface area contributed by atoms with Crippen molar-refractivity contribution in [3.8, 4) is 0 Å². The average molecular weight is 186 g/mol. The van der Waals surface area contributed by atoms with E-state index in [9.17, 15) is 13.2 Å². The van der Waals surface area contributed by atoms with Gasteiger partial charge in [-0.1, -0.05) is 4.36 Å². The third-order valence-corrected chi connectivity index (χ3v) is 1.19. The monoisotopic (exact) mass is 186 g/mol. The molecule has 0 aromatic carbocycles. The summed E-state index contributed by atoms with van der Waals surface area (Å²) in [6.07, 6.45) is 1.21. The Kier molecular flexibility index (Phi) is 2.53. The normalized spacial score (nSPS) is 9.00. The van der Waals surface area contributed by atoms with E-state index in [0.717, 1.165) is 0 Å². The highest BCUT2D eigenvalue weighted by molar-refractivity contribution is 7.62. The third kappa shape index (κ3) is 2.16. The van der Waals surface area contributed by atoms with Crippen LogP contribution in [-0.4, -0.2) is 29.7 Å². The fourth-order valence-corrected chi connectivity index (χ4v) is 0.699. The molecule has 1 rings (SSSR count). The molecule has 0 aliphatic heterocycles. The lowest BCUT2D eigenvalue weighted by Crippen LogP contribution is -2.00. The Morgan fingerprint density at radius 1 is 1.50 bits per heavy atom. The first-order chi connectivity index (χ1) is 5.70. The highest BCUT2D eigenvalue weighted by atomic mass is 32.2. The molecule has 0 spiro atoms. The molecule has 1 amide bonds. The van der Waals surface area contributed by atoms with Gasteiger partial charge in [0.15, 0.2) is 5.69 Å². The highest BCUT2D eigenvalue weighted by Crippen LogP contribution is 1.91. The van der Waals surface area contributed by atoms with Crippen molar-refractivity contribution in [1.29, 1.82) is 0 Å². The lowest BCUT2D eigenvalue weighted by Gasteiger charge is -1.85. The van der Waals surface area contributed by atoms with Crippen molar-refractivity contribution >= 4 is 16.4 Å². The summed E-state index contributed by atoms with van der Waals surface area (Å²) in [6.45, 7) is 0. The molecule has 0 aliphatic carbocycles. The van der Waals surface area contributed by atoms with Crippen LogP contribution in [0.1, 0.15) is 10.5 Å². The van der Waals surface area contributed by atoms with E-state index in [-0.39, 0.29) is 5.69 Å². The Morgan fingerprint density at radius 2 is 2.25 bits per heavy atom. The Hall–Kier alpha value is -1.70. The molecule has 0 aliphatic rings. The van der Waals surface area contributed by atoms with Crippen LogP contribution < -0.4 is 0 Å². The predicted octanol–water partition coefficient (Wildman–Crippen LogP) is -0.925. The van der Waals surface area contributed by atoms with Gasteiger partial charge in [-0.3, -0.25) is 4.79 Å². The Morgan fingerprint density at radius 3 is 2.75 bits per heavy atom. The maximum absolute atomic E-state index is 10.8. The Bertz CT molecular complexity index is 403. The second kappa shape index (κ2) is 3.62. The van der Waals surface area contributed by atoms with Gasteiger partial charge in [0.05, 0.1) is 6.20 Å².